The number of carbonyl (C=O) groups excluding carboxylic acids is 5. The fraction of sp³-hybridized carbons (Fsp3) is 0.842. The number of nitrogens with one attached hydrogen (secondary N) is 4. The second-order valence-corrected chi connectivity index (χ2v) is 23.2. The number of allylic oxidation sites excluding steroid dienone is 4. The molecular formula is C57H103N4NaO11PS. The van der Waals surface area contributed by atoms with Gasteiger partial charge in [0.1, 0.15) is 6.61 Å². The van der Waals surface area contributed by atoms with E-state index in [9.17, 15) is 33.4 Å². The molecule has 2 fully saturated rings. The summed E-state index contributed by atoms with van der Waals surface area (Å²) >= 11 is 1.88. The molecule has 0 saturated carbocycles. The molecule has 429 valence electrons. The number of rotatable bonds is 51. The number of amides is 4. The zero-order valence-electron chi connectivity index (χ0n) is 47.2. The van der Waals surface area contributed by atoms with Gasteiger partial charge < -0.3 is 35.6 Å². The molecule has 0 bridgehead atoms. The minimum Gasteiger partial charge on any atom is -0.462 e. The summed E-state index contributed by atoms with van der Waals surface area (Å²) in [6.07, 6.45) is 43.8. The Hall–Kier alpha value is -1.91. The van der Waals surface area contributed by atoms with Crippen molar-refractivity contribution in [2.24, 2.45) is 0 Å². The van der Waals surface area contributed by atoms with Crippen molar-refractivity contribution in [3.63, 3.8) is 0 Å². The number of hydrogen-bond acceptors (Lipinski definition) is 11. The molecule has 15 nitrogen and oxygen atoms in total. The maximum Gasteiger partial charge on any atom is 0.472 e. The SMILES string of the molecule is CCCCCCCCC=CCCCCCCCC(=O)OC[C@H](COP(=O)(O)OCCNC(=O)CCCCCNC(=O)CCCC[C@@H]1SC[C@@H]2NC(=O)N[C@@H]21)OC(=O)CCCCCCCC=CCCCCCCCC.[Na]. The van der Waals surface area contributed by atoms with Crippen LogP contribution in [0.5, 0.6) is 0 Å². The molecule has 0 aliphatic carbocycles. The van der Waals surface area contributed by atoms with Crippen LogP contribution in [0.15, 0.2) is 24.3 Å². The van der Waals surface area contributed by atoms with Gasteiger partial charge in [0.2, 0.25) is 11.8 Å². The number of urea groups is 1. The molecule has 2 heterocycles. The van der Waals surface area contributed by atoms with Crippen LogP contribution in [-0.4, -0.2) is 126 Å². The van der Waals surface area contributed by atoms with E-state index < -0.39 is 32.5 Å². The molecule has 5 atom stereocenters. The van der Waals surface area contributed by atoms with Crippen molar-refractivity contribution in [3.8, 4) is 0 Å². The van der Waals surface area contributed by atoms with Crippen molar-refractivity contribution >= 4 is 78.9 Å². The van der Waals surface area contributed by atoms with Gasteiger partial charge in [-0.1, -0.05) is 154 Å². The molecule has 0 aromatic rings. The molecular weight excluding hydrogens is 1000 g/mol. The predicted molar refractivity (Wildman–Crippen MR) is 306 cm³/mol. The van der Waals surface area contributed by atoms with Crippen LogP contribution >= 0.6 is 19.6 Å². The van der Waals surface area contributed by atoms with Gasteiger partial charge in [0.25, 0.3) is 0 Å². The van der Waals surface area contributed by atoms with Gasteiger partial charge in [-0.15, -0.1) is 0 Å². The molecule has 2 saturated heterocycles. The number of carbonyl (C=O) groups is 5. The number of phosphoric ester groups is 1. The molecule has 0 aromatic heterocycles. The van der Waals surface area contributed by atoms with Gasteiger partial charge >= 0.3 is 25.8 Å². The van der Waals surface area contributed by atoms with Crippen molar-refractivity contribution < 1.29 is 52.0 Å². The van der Waals surface area contributed by atoms with Gasteiger partial charge in [-0.25, -0.2) is 9.36 Å². The third kappa shape index (κ3) is 41.8. The fourth-order valence-electron chi connectivity index (χ4n) is 9.13. The third-order valence-corrected chi connectivity index (χ3v) is 16.1. The minimum atomic E-state index is -4.60. The average molecular weight is 1110 g/mol. The van der Waals surface area contributed by atoms with Gasteiger partial charge in [0.05, 0.1) is 25.3 Å². The molecule has 4 amide bonds. The summed E-state index contributed by atoms with van der Waals surface area (Å²) in [5.74, 6) is -0.209. The Morgan fingerprint density at radius 2 is 1.07 bits per heavy atom. The Bertz CT molecular complexity index is 1600. The van der Waals surface area contributed by atoms with Crippen LogP contribution in [0, 0.1) is 0 Å². The van der Waals surface area contributed by atoms with Crippen LogP contribution in [-0.2, 0) is 42.3 Å². The molecule has 1 unspecified atom stereocenters. The first kappa shape index (κ1) is 71.1. The van der Waals surface area contributed by atoms with E-state index >= 15 is 0 Å². The molecule has 0 spiro atoms. The molecule has 18 heteroatoms. The first-order valence-corrected chi connectivity index (χ1v) is 32.1. The second-order valence-electron chi connectivity index (χ2n) is 20.4. The van der Waals surface area contributed by atoms with Gasteiger partial charge in [-0.3, -0.25) is 28.2 Å². The van der Waals surface area contributed by atoms with Crippen LogP contribution in [0.1, 0.15) is 245 Å². The largest absolute Gasteiger partial charge is 0.472 e. The smallest absolute Gasteiger partial charge is 0.462 e. The monoisotopic (exact) mass is 1110 g/mol. The number of fused-ring (bicyclic) bond motifs is 1. The van der Waals surface area contributed by atoms with E-state index in [2.05, 4.69) is 59.4 Å². The molecule has 5 N–H and O–H groups in total. The maximum atomic E-state index is 12.9. The number of hydrogen-bond donors (Lipinski definition) is 5. The Labute approximate surface area is 480 Å². The van der Waals surface area contributed by atoms with E-state index in [1.165, 1.54) is 77.0 Å². The van der Waals surface area contributed by atoms with Gasteiger partial charge in [-0.05, 0) is 89.9 Å². The number of phosphoric acid groups is 1. The summed E-state index contributed by atoms with van der Waals surface area (Å²) < 4.78 is 34.1. The van der Waals surface area contributed by atoms with Crippen LogP contribution in [0.3, 0.4) is 0 Å². The van der Waals surface area contributed by atoms with E-state index in [1.54, 1.807) is 0 Å². The zero-order valence-corrected chi connectivity index (χ0v) is 50.9. The van der Waals surface area contributed by atoms with E-state index in [1.807, 2.05) is 11.8 Å². The van der Waals surface area contributed by atoms with Crippen molar-refractivity contribution in [1.29, 1.82) is 0 Å². The van der Waals surface area contributed by atoms with Crippen LogP contribution in [0.2, 0.25) is 0 Å². The van der Waals surface area contributed by atoms with Crippen LogP contribution in [0.25, 0.3) is 0 Å². The van der Waals surface area contributed by atoms with E-state index in [0.29, 0.717) is 37.5 Å². The first-order valence-electron chi connectivity index (χ1n) is 29.5. The second kappa shape index (κ2) is 49.2. The normalized spacial score (nSPS) is 17.3. The van der Waals surface area contributed by atoms with Gasteiger partial charge in [-0.2, -0.15) is 11.8 Å². The molecule has 0 aromatic carbocycles. The standard InChI is InChI=1S/C57H103N4O11PS.Na/c1-3-5-7-9-11-13-15-17-19-21-23-25-27-29-33-41-54(64)69-46-49(72-55(65)42-34-30-28-26-24-22-20-18-16-14-12-10-8-6-4-2)47-71-73(67,68)70-45-44-59-53(63)39-32-31-37-43-58-52(62)40-36-35-38-51-56-50(48-74-51)60-57(66)61-56;/h17-20,49-51,56H,3-16,21-48H2,1-2H3,(H,58,62)(H,59,63)(H,67,68)(H2,60,61,66);/t49-,50+,51+,56+;/m1./s1. The van der Waals surface area contributed by atoms with Crippen molar-refractivity contribution in [1.82, 2.24) is 21.3 Å². The van der Waals surface area contributed by atoms with Crippen LogP contribution < -0.4 is 21.3 Å². The summed E-state index contributed by atoms with van der Waals surface area (Å²) in [6, 6.07) is 0.303. The minimum absolute atomic E-state index is 0. The average Bonchev–Trinajstić information content (AvgIpc) is 3.94. The van der Waals surface area contributed by atoms with E-state index in [4.69, 9.17) is 18.5 Å². The van der Waals surface area contributed by atoms with Gasteiger partial charge in [0.15, 0.2) is 6.10 Å². The number of ether oxygens (including phenoxy) is 2. The van der Waals surface area contributed by atoms with Crippen molar-refractivity contribution in [3.05, 3.63) is 24.3 Å². The molecule has 2 rings (SSSR count). The molecule has 1 radical (unpaired) electrons. The number of esters is 2. The molecule has 2 aliphatic heterocycles. The first-order chi connectivity index (χ1) is 36.0. The Balaban J connectivity index is 0.0000281. The molecule has 2 aliphatic rings. The Morgan fingerprint density at radius 1 is 0.600 bits per heavy atom. The summed E-state index contributed by atoms with van der Waals surface area (Å²) in [5.41, 5.74) is 0. The van der Waals surface area contributed by atoms with Crippen molar-refractivity contribution in [2.75, 3.05) is 38.7 Å². The Kier molecular flexibility index (Phi) is 46.6. The number of unbranched alkanes of at least 4 members (excludes halogenated alkanes) is 25. The van der Waals surface area contributed by atoms with Crippen LogP contribution in [0.4, 0.5) is 4.79 Å². The van der Waals surface area contributed by atoms with Gasteiger partial charge in [0, 0.05) is 79.3 Å². The summed E-state index contributed by atoms with van der Waals surface area (Å²) in [7, 11) is -4.60. The summed E-state index contributed by atoms with van der Waals surface area (Å²) in [5, 5.41) is 12.0. The maximum absolute atomic E-state index is 12.9. The fourth-order valence-corrected chi connectivity index (χ4v) is 11.4. The topological polar surface area (TPSA) is 208 Å². The van der Waals surface area contributed by atoms with E-state index in [-0.39, 0.29) is 98.5 Å². The zero-order chi connectivity index (χ0) is 53.6. The molecule has 75 heavy (non-hydrogen) atoms. The predicted octanol–water partition coefficient (Wildman–Crippen LogP) is 12.8. The summed E-state index contributed by atoms with van der Waals surface area (Å²) in [4.78, 5) is 72.1. The Morgan fingerprint density at radius 3 is 1.63 bits per heavy atom. The third-order valence-electron chi connectivity index (χ3n) is 13.6. The van der Waals surface area contributed by atoms with E-state index in [0.717, 1.165) is 115 Å². The quantitative estimate of drug-likeness (QED) is 0.00963. The summed E-state index contributed by atoms with van der Waals surface area (Å²) in [6.45, 7) is 3.89. The van der Waals surface area contributed by atoms with Crippen molar-refractivity contribution in [2.45, 2.75) is 268 Å². The number of thioether (sulfide) groups is 1.